The fourth-order valence-electron chi connectivity index (χ4n) is 4.98. The van der Waals surface area contributed by atoms with Crippen LogP contribution in [0.4, 0.5) is 0 Å². The van der Waals surface area contributed by atoms with Crippen molar-refractivity contribution in [1.82, 2.24) is 15.2 Å². The molecule has 180 valence electrons. The molecule has 2 aliphatic rings. The first kappa shape index (κ1) is 22.3. The number of benzene rings is 2. The zero-order chi connectivity index (χ0) is 24.0. The van der Waals surface area contributed by atoms with E-state index in [1.807, 2.05) is 0 Å². The second kappa shape index (κ2) is 8.82. The van der Waals surface area contributed by atoms with E-state index in [0.29, 0.717) is 11.1 Å². The van der Waals surface area contributed by atoms with Crippen molar-refractivity contribution >= 4 is 38.3 Å². The highest BCUT2D eigenvalue weighted by atomic mass is 32.2. The summed E-state index contributed by atoms with van der Waals surface area (Å²) in [5, 5.41) is 7.11. The lowest BCUT2D eigenvalue weighted by atomic mass is 9.99. The predicted molar refractivity (Wildman–Crippen MR) is 136 cm³/mol. The molecule has 0 atom stereocenters. The Kier molecular flexibility index (Phi) is 5.63. The average molecular weight is 508 g/mol. The molecule has 2 aromatic carbocycles. The van der Waals surface area contributed by atoms with Gasteiger partial charge >= 0.3 is 10.1 Å². The van der Waals surface area contributed by atoms with Gasteiger partial charge in [0.05, 0.1) is 5.56 Å². The maximum absolute atomic E-state index is 12.8. The number of aromatic amines is 1. The molecule has 4 heterocycles. The third-order valence-electron chi connectivity index (χ3n) is 6.74. The van der Waals surface area contributed by atoms with E-state index in [1.165, 1.54) is 47.6 Å². The Morgan fingerprint density at radius 3 is 2.69 bits per heavy atom. The van der Waals surface area contributed by atoms with E-state index < -0.39 is 10.1 Å². The Balaban J connectivity index is 1.34. The van der Waals surface area contributed by atoms with Gasteiger partial charge in [0.1, 0.15) is 10.6 Å². The molecule has 0 unspecified atom stereocenters. The normalized spacial score (nSPS) is 16.4. The average Bonchev–Trinajstić information content (AvgIpc) is 3.60. The van der Waals surface area contributed by atoms with Gasteiger partial charge in [-0.2, -0.15) is 19.8 Å². The number of hydrogen-bond acceptors (Lipinski definition) is 6. The summed E-state index contributed by atoms with van der Waals surface area (Å²) in [6.07, 6.45) is 3.84. The Morgan fingerprint density at radius 2 is 1.89 bits per heavy atom. The zero-order valence-corrected chi connectivity index (χ0v) is 20.7. The maximum atomic E-state index is 12.8. The molecular weight excluding hydrogens is 482 g/mol. The number of fused-ring (bicyclic) bond motifs is 2. The molecular formula is C26H25N3O4S2. The van der Waals surface area contributed by atoms with E-state index in [2.05, 4.69) is 39.5 Å². The van der Waals surface area contributed by atoms with Gasteiger partial charge in [-0.05, 0) is 73.3 Å². The number of aromatic nitrogens is 1. The fraction of sp³-hybridized carbons (Fsp3) is 0.269. The molecule has 0 saturated carbocycles. The lowest BCUT2D eigenvalue weighted by Gasteiger charge is -2.26. The molecule has 1 fully saturated rings. The number of thiophene rings is 1. The van der Waals surface area contributed by atoms with Gasteiger partial charge < -0.3 is 14.5 Å². The molecule has 1 saturated heterocycles. The highest BCUT2D eigenvalue weighted by molar-refractivity contribution is 7.87. The van der Waals surface area contributed by atoms with E-state index in [-0.39, 0.29) is 23.1 Å². The van der Waals surface area contributed by atoms with Gasteiger partial charge in [0.25, 0.3) is 5.91 Å². The van der Waals surface area contributed by atoms with Crippen LogP contribution < -0.4 is 9.50 Å². The van der Waals surface area contributed by atoms with E-state index in [1.54, 1.807) is 17.5 Å². The van der Waals surface area contributed by atoms with Crippen molar-refractivity contribution < 1.29 is 17.4 Å². The lowest BCUT2D eigenvalue weighted by molar-refractivity contribution is 0.0966. The summed E-state index contributed by atoms with van der Waals surface area (Å²) in [7, 11) is -3.96. The molecule has 1 amide bonds. The quantitative estimate of drug-likeness (QED) is 0.363. The van der Waals surface area contributed by atoms with Crippen LogP contribution in [0.1, 0.15) is 40.7 Å². The first-order valence-corrected chi connectivity index (χ1v) is 14.1. The number of nitrogens with zero attached hydrogens (tertiary/aromatic N) is 1. The topological polar surface area (TPSA) is 91.5 Å². The van der Waals surface area contributed by atoms with Crippen molar-refractivity contribution in [2.24, 2.45) is 0 Å². The smallest absolute Gasteiger partial charge is 0.340 e. The predicted octanol–water partition coefficient (Wildman–Crippen LogP) is 4.89. The number of likely N-dealkylation sites (tertiary alicyclic amines) is 1. The number of piperidine rings is 1. The summed E-state index contributed by atoms with van der Waals surface area (Å²) in [6.45, 7) is 3.46. The standard InChI is InChI=1S/C26H25N3O4S2/c30-26-25-20(5-7-24(21(25)14-27-26)33-35(31,32)19-8-11-34-16-19)23-13-18-12-17(4-6-22(18)28-23)15-29-9-2-1-3-10-29/h4-8,11-13,16,28H,1-3,9-10,14-15H2,(H,27,30). The number of hydrogen-bond donors (Lipinski definition) is 2. The molecule has 0 spiro atoms. The minimum absolute atomic E-state index is 0.105. The molecule has 35 heavy (non-hydrogen) atoms. The minimum atomic E-state index is -3.96. The molecule has 9 heteroatoms. The van der Waals surface area contributed by atoms with Crippen LogP contribution in [0.3, 0.4) is 0 Å². The van der Waals surface area contributed by atoms with Gasteiger partial charge in [-0.3, -0.25) is 9.69 Å². The van der Waals surface area contributed by atoms with Crippen molar-refractivity contribution in [1.29, 1.82) is 0 Å². The lowest BCUT2D eigenvalue weighted by Crippen LogP contribution is -2.28. The van der Waals surface area contributed by atoms with Crippen molar-refractivity contribution in [2.45, 2.75) is 37.2 Å². The van der Waals surface area contributed by atoms with Gasteiger partial charge in [-0.1, -0.05) is 12.5 Å². The Bertz CT molecular complexity index is 1520. The van der Waals surface area contributed by atoms with Crippen molar-refractivity contribution in [3.63, 3.8) is 0 Å². The minimum Gasteiger partial charge on any atom is -0.379 e. The molecule has 0 bridgehead atoms. The highest BCUT2D eigenvalue weighted by Crippen LogP contribution is 2.37. The summed E-state index contributed by atoms with van der Waals surface area (Å²) < 4.78 is 30.8. The van der Waals surface area contributed by atoms with Crippen LogP contribution in [0.2, 0.25) is 0 Å². The van der Waals surface area contributed by atoms with Crippen molar-refractivity contribution in [2.75, 3.05) is 13.1 Å². The third-order valence-corrected chi connectivity index (χ3v) is 8.80. The van der Waals surface area contributed by atoms with Crippen LogP contribution in [0.5, 0.6) is 5.75 Å². The van der Waals surface area contributed by atoms with E-state index in [4.69, 9.17) is 4.18 Å². The number of carbonyl (C=O) groups excluding carboxylic acids is 1. The van der Waals surface area contributed by atoms with Crippen LogP contribution in [0, 0.1) is 0 Å². The molecule has 0 radical (unpaired) electrons. The molecule has 2 N–H and O–H groups in total. The number of amides is 1. The van der Waals surface area contributed by atoms with E-state index >= 15 is 0 Å². The highest BCUT2D eigenvalue weighted by Gasteiger charge is 2.30. The van der Waals surface area contributed by atoms with Gasteiger partial charge in [0.15, 0.2) is 0 Å². The van der Waals surface area contributed by atoms with Crippen molar-refractivity contribution in [3.8, 4) is 17.0 Å². The second-order valence-corrected chi connectivity index (χ2v) is 11.4. The molecule has 0 aliphatic carbocycles. The van der Waals surface area contributed by atoms with Crippen LogP contribution >= 0.6 is 11.3 Å². The zero-order valence-electron chi connectivity index (χ0n) is 19.0. The molecule has 4 aromatic rings. The fourth-order valence-corrected chi connectivity index (χ4v) is 6.95. The summed E-state index contributed by atoms with van der Waals surface area (Å²) >= 11 is 1.28. The monoisotopic (exact) mass is 507 g/mol. The van der Waals surface area contributed by atoms with Crippen LogP contribution in [0.15, 0.2) is 58.1 Å². The summed E-state index contributed by atoms with van der Waals surface area (Å²) in [6, 6.07) is 13.4. The van der Waals surface area contributed by atoms with Crippen LogP contribution in [-0.2, 0) is 23.2 Å². The van der Waals surface area contributed by atoms with Gasteiger partial charge in [0, 0.05) is 46.2 Å². The number of H-pyrrole nitrogens is 1. The third kappa shape index (κ3) is 4.24. The summed E-state index contributed by atoms with van der Waals surface area (Å²) in [4.78, 5) is 18.8. The second-order valence-electron chi connectivity index (χ2n) is 9.09. The van der Waals surface area contributed by atoms with E-state index in [9.17, 15) is 13.2 Å². The Hall–Kier alpha value is -3.14. The Morgan fingerprint density at radius 1 is 1.03 bits per heavy atom. The SMILES string of the molecule is O=C1NCc2c(OS(=O)(=O)c3ccsc3)ccc(-c3cc4cc(CN5CCCCC5)ccc4[nH]3)c21. The van der Waals surface area contributed by atoms with E-state index in [0.717, 1.165) is 41.8 Å². The molecule has 6 rings (SSSR count). The van der Waals surface area contributed by atoms with Crippen LogP contribution in [-0.4, -0.2) is 37.3 Å². The largest absolute Gasteiger partial charge is 0.379 e. The van der Waals surface area contributed by atoms with Gasteiger partial charge in [-0.15, -0.1) is 0 Å². The summed E-state index contributed by atoms with van der Waals surface area (Å²) in [5.74, 6) is -0.0638. The maximum Gasteiger partial charge on any atom is 0.340 e. The van der Waals surface area contributed by atoms with Crippen LogP contribution in [0.25, 0.3) is 22.2 Å². The van der Waals surface area contributed by atoms with Gasteiger partial charge in [-0.25, -0.2) is 0 Å². The molecule has 2 aromatic heterocycles. The number of rotatable bonds is 6. The number of carbonyl (C=O) groups is 1. The Labute approximate surface area is 207 Å². The van der Waals surface area contributed by atoms with Gasteiger partial charge in [0.2, 0.25) is 0 Å². The molecule has 7 nitrogen and oxygen atoms in total. The first-order chi connectivity index (χ1) is 17.0. The molecule has 2 aliphatic heterocycles. The summed E-state index contributed by atoms with van der Waals surface area (Å²) in [5.41, 5.74) is 4.81. The number of nitrogens with one attached hydrogen (secondary N) is 2. The van der Waals surface area contributed by atoms with Crippen molar-refractivity contribution in [3.05, 3.63) is 69.9 Å². The first-order valence-electron chi connectivity index (χ1n) is 11.7.